The molecule has 0 saturated carbocycles. The van der Waals surface area contributed by atoms with E-state index in [4.69, 9.17) is 0 Å². The van der Waals surface area contributed by atoms with Gasteiger partial charge in [-0.3, -0.25) is 9.59 Å². The van der Waals surface area contributed by atoms with E-state index < -0.39 is 0 Å². The maximum absolute atomic E-state index is 12.6. The second-order valence-electron chi connectivity index (χ2n) is 7.12. The van der Waals surface area contributed by atoms with Crippen molar-refractivity contribution in [3.05, 3.63) is 71.3 Å². The third-order valence-electron chi connectivity index (χ3n) is 5.03. The first-order valence-electron chi connectivity index (χ1n) is 9.21. The summed E-state index contributed by atoms with van der Waals surface area (Å²) >= 11 is 0. The number of hydrogen-bond donors (Lipinski definition) is 1. The normalized spacial score (nSPS) is 18.0. The minimum atomic E-state index is -0.258. The molecule has 1 saturated heterocycles. The van der Waals surface area contributed by atoms with E-state index in [1.165, 1.54) is 11.1 Å². The first-order chi connectivity index (χ1) is 12.5. The Balaban J connectivity index is 1.52. The summed E-state index contributed by atoms with van der Waals surface area (Å²) in [5.74, 6) is -0.219. The SMILES string of the molecule is Cc1ccc(C(C)NC(=O)C2CC(=O)N(CCc3ccccc3)C2)cc1. The van der Waals surface area contributed by atoms with Crippen molar-refractivity contribution < 1.29 is 9.59 Å². The van der Waals surface area contributed by atoms with Crippen LogP contribution in [-0.2, 0) is 16.0 Å². The third-order valence-corrected chi connectivity index (χ3v) is 5.03. The maximum atomic E-state index is 12.6. The lowest BCUT2D eigenvalue weighted by atomic mass is 10.0. The molecule has 1 fully saturated rings. The second-order valence-corrected chi connectivity index (χ2v) is 7.12. The van der Waals surface area contributed by atoms with E-state index in [0.717, 1.165) is 12.0 Å². The van der Waals surface area contributed by atoms with Gasteiger partial charge in [-0.1, -0.05) is 60.2 Å². The van der Waals surface area contributed by atoms with Gasteiger partial charge in [0.25, 0.3) is 0 Å². The summed E-state index contributed by atoms with van der Waals surface area (Å²) < 4.78 is 0. The smallest absolute Gasteiger partial charge is 0.225 e. The molecule has 0 aliphatic carbocycles. The summed E-state index contributed by atoms with van der Waals surface area (Å²) in [6.07, 6.45) is 1.13. The fourth-order valence-corrected chi connectivity index (χ4v) is 3.34. The molecule has 1 N–H and O–H groups in total. The monoisotopic (exact) mass is 350 g/mol. The predicted octanol–water partition coefficient (Wildman–Crippen LogP) is 3.26. The van der Waals surface area contributed by atoms with Crippen LogP contribution in [0.3, 0.4) is 0 Å². The van der Waals surface area contributed by atoms with Crippen molar-refractivity contribution in [1.29, 1.82) is 0 Å². The average Bonchev–Trinajstić information content (AvgIpc) is 3.02. The standard InChI is InChI=1S/C22H26N2O2/c1-16-8-10-19(11-9-16)17(2)23-22(26)20-14-21(25)24(15-20)13-12-18-6-4-3-5-7-18/h3-11,17,20H,12-15H2,1-2H3,(H,23,26). The number of benzene rings is 2. The molecule has 136 valence electrons. The van der Waals surface area contributed by atoms with Crippen LogP contribution < -0.4 is 5.32 Å². The lowest BCUT2D eigenvalue weighted by molar-refractivity contribution is -0.129. The molecule has 4 nitrogen and oxygen atoms in total. The van der Waals surface area contributed by atoms with Crippen molar-refractivity contribution >= 4 is 11.8 Å². The van der Waals surface area contributed by atoms with E-state index in [9.17, 15) is 9.59 Å². The van der Waals surface area contributed by atoms with Crippen LogP contribution in [-0.4, -0.2) is 29.8 Å². The molecule has 0 radical (unpaired) electrons. The van der Waals surface area contributed by atoms with Gasteiger partial charge < -0.3 is 10.2 Å². The van der Waals surface area contributed by atoms with E-state index in [0.29, 0.717) is 19.5 Å². The van der Waals surface area contributed by atoms with Crippen molar-refractivity contribution in [2.24, 2.45) is 5.92 Å². The molecule has 0 aromatic heterocycles. The molecule has 0 spiro atoms. The molecule has 2 atom stereocenters. The molecule has 2 amide bonds. The molecule has 2 aromatic carbocycles. The number of aryl methyl sites for hydroxylation is 1. The highest BCUT2D eigenvalue weighted by Gasteiger charge is 2.34. The van der Waals surface area contributed by atoms with Crippen LogP contribution in [0.2, 0.25) is 0 Å². The van der Waals surface area contributed by atoms with E-state index in [1.807, 2.05) is 61.2 Å². The van der Waals surface area contributed by atoms with Gasteiger partial charge in [-0.15, -0.1) is 0 Å². The highest BCUT2D eigenvalue weighted by Crippen LogP contribution is 2.20. The molecule has 26 heavy (non-hydrogen) atoms. The molecule has 0 bridgehead atoms. The lowest BCUT2D eigenvalue weighted by Gasteiger charge is -2.19. The summed E-state index contributed by atoms with van der Waals surface area (Å²) in [6.45, 7) is 5.20. The van der Waals surface area contributed by atoms with Crippen molar-refractivity contribution in [2.45, 2.75) is 32.7 Å². The number of nitrogens with zero attached hydrogens (tertiary/aromatic N) is 1. The first-order valence-corrected chi connectivity index (χ1v) is 9.21. The fourth-order valence-electron chi connectivity index (χ4n) is 3.34. The van der Waals surface area contributed by atoms with E-state index in [1.54, 1.807) is 0 Å². The highest BCUT2D eigenvalue weighted by molar-refractivity contribution is 5.89. The van der Waals surface area contributed by atoms with Crippen LogP contribution in [0, 0.1) is 12.8 Å². The number of hydrogen-bond acceptors (Lipinski definition) is 2. The van der Waals surface area contributed by atoms with Gasteiger partial charge in [-0.05, 0) is 31.4 Å². The Morgan fingerprint density at radius 1 is 1.15 bits per heavy atom. The van der Waals surface area contributed by atoms with Gasteiger partial charge in [0.15, 0.2) is 0 Å². The summed E-state index contributed by atoms with van der Waals surface area (Å²) in [6, 6.07) is 18.2. The predicted molar refractivity (Wildman–Crippen MR) is 103 cm³/mol. The van der Waals surface area contributed by atoms with Crippen LogP contribution in [0.1, 0.15) is 36.1 Å². The number of nitrogens with one attached hydrogen (secondary N) is 1. The molecular formula is C22H26N2O2. The van der Waals surface area contributed by atoms with E-state index in [2.05, 4.69) is 17.4 Å². The van der Waals surface area contributed by atoms with Crippen LogP contribution in [0.4, 0.5) is 0 Å². The summed E-state index contributed by atoms with van der Waals surface area (Å²) in [7, 11) is 0. The second kappa shape index (κ2) is 8.17. The number of carbonyl (C=O) groups is 2. The Labute approximate surface area is 155 Å². The van der Waals surface area contributed by atoms with Gasteiger partial charge in [-0.2, -0.15) is 0 Å². The molecule has 3 rings (SSSR count). The van der Waals surface area contributed by atoms with Gasteiger partial charge in [0.1, 0.15) is 0 Å². The van der Waals surface area contributed by atoms with Crippen LogP contribution in [0.25, 0.3) is 0 Å². The largest absolute Gasteiger partial charge is 0.349 e. The van der Waals surface area contributed by atoms with Gasteiger partial charge in [0.2, 0.25) is 11.8 Å². The van der Waals surface area contributed by atoms with Crippen molar-refractivity contribution in [3.63, 3.8) is 0 Å². The van der Waals surface area contributed by atoms with E-state index >= 15 is 0 Å². The fraction of sp³-hybridized carbons (Fsp3) is 0.364. The van der Waals surface area contributed by atoms with Gasteiger partial charge in [0.05, 0.1) is 12.0 Å². The van der Waals surface area contributed by atoms with Crippen molar-refractivity contribution in [2.75, 3.05) is 13.1 Å². The van der Waals surface area contributed by atoms with Gasteiger partial charge in [-0.25, -0.2) is 0 Å². The van der Waals surface area contributed by atoms with E-state index in [-0.39, 0.29) is 23.8 Å². The topological polar surface area (TPSA) is 49.4 Å². The van der Waals surface area contributed by atoms with Crippen LogP contribution in [0.15, 0.2) is 54.6 Å². The van der Waals surface area contributed by atoms with Crippen LogP contribution in [0.5, 0.6) is 0 Å². The molecular weight excluding hydrogens is 324 g/mol. The zero-order valence-corrected chi connectivity index (χ0v) is 15.4. The Kier molecular flexibility index (Phi) is 5.71. The summed E-state index contributed by atoms with van der Waals surface area (Å²) in [5, 5.41) is 3.05. The molecule has 4 heteroatoms. The van der Waals surface area contributed by atoms with Gasteiger partial charge >= 0.3 is 0 Å². The zero-order valence-electron chi connectivity index (χ0n) is 15.4. The van der Waals surface area contributed by atoms with Crippen LogP contribution >= 0.6 is 0 Å². The minimum Gasteiger partial charge on any atom is -0.349 e. The molecule has 2 aromatic rings. The Bertz CT molecular complexity index is 755. The number of amides is 2. The summed E-state index contributed by atoms with van der Waals surface area (Å²) in [4.78, 5) is 26.6. The summed E-state index contributed by atoms with van der Waals surface area (Å²) in [5.41, 5.74) is 3.48. The zero-order chi connectivity index (χ0) is 18.5. The maximum Gasteiger partial charge on any atom is 0.225 e. The Hall–Kier alpha value is -2.62. The Morgan fingerprint density at radius 2 is 1.85 bits per heavy atom. The quantitative estimate of drug-likeness (QED) is 0.869. The number of likely N-dealkylation sites (tertiary alicyclic amines) is 1. The van der Waals surface area contributed by atoms with Crippen molar-refractivity contribution in [3.8, 4) is 0 Å². The molecule has 1 heterocycles. The molecule has 2 unspecified atom stereocenters. The minimum absolute atomic E-state index is 0.0337. The average molecular weight is 350 g/mol. The van der Waals surface area contributed by atoms with Gasteiger partial charge in [0, 0.05) is 19.5 Å². The first kappa shape index (κ1) is 18.2. The van der Waals surface area contributed by atoms with Crippen molar-refractivity contribution in [1.82, 2.24) is 10.2 Å². The third kappa shape index (κ3) is 4.51. The molecule has 1 aliphatic rings. The Morgan fingerprint density at radius 3 is 2.54 bits per heavy atom. The highest BCUT2D eigenvalue weighted by atomic mass is 16.2. The lowest BCUT2D eigenvalue weighted by Crippen LogP contribution is -2.35. The number of rotatable bonds is 6. The number of carbonyl (C=O) groups excluding carboxylic acids is 2. The molecule has 1 aliphatic heterocycles.